The Bertz CT molecular complexity index is 2850. The van der Waals surface area contributed by atoms with Gasteiger partial charge < -0.3 is 0 Å². The second kappa shape index (κ2) is 25.6. The van der Waals surface area contributed by atoms with Gasteiger partial charge in [0, 0.05) is 43.2 Å². The molecule has 0 spiro atoms. The third kappa shape index (κ3) is 14.9. The van der Waals surface area contributed by atoms with E-state index in [1.807, 2.05) is 158 Å². The molecule has 8 aromatic carbocycles. The first kappa shape index (κ1) is 53.1. The molecular weight excluding hydrogens is 1040 g/mol. The molecule has 0 amide bonds. The molecule has 71 heavy (non-hydrogen) atoms. The van der Waals surface area contributed by atoms with Crippen molar-refractivity contribution in [3.05, 3.63) is 283 Å². The number of carbonyl (C=O) groups is 5. The van der Waals surface area contributed by atoms with Crippen LogP contribution in [-0.2, 0) is 40.7 Å². The molecule has 358 valence electrons. The quantitative estimate of drug-likeness (QED) is 0.0515. The summed E-state index contributed by atoms with van der Waals surface area (Å²) in [6.45, 7) is 0. The van der Waals surface area contributed by atoms with Gasteiger partial charge in [0.25, 0.3) is 0 Å². The third-order valence-electron chi connectivity index (χ3n) is 11.4. The molecule has 0 aliphatic carbocycles. The van der Waals surface area contributed by atoms with Gasteiger partial charge in [0.15, 0.2) is 29.9 Å². The van der Waals surface area contributed by atoms with Crippen LogP contribution in [0.1, 0.15) is 81.9 Å². The van der Waals surface area contributed by atoms with E-state index in [0.29, 0.717) is 30.4 Å². The number of hydrogen-bond donors (Lipinski definition) is 0. The highest BCUT2D eigenvalue weighted by Crippen LogP contribution is 2.36. The molecule has 0 aromatic heterocycles. The standard InChI is InChI=1S/2C23H17BrF2O2.C14H12O/c2*24-21-14-16(11-12-20(21)23(25,26)15-27)13-19(17-7-3-1-4-8-17)22(28)18-9-5-2-6-10-18;15-14(13-9-5-2-6-10-13)11-12-7-3-1-4-8-12/h2*1-12,14-15,19H,13H2;1-10H,11H2. The molecule has 11 heteroatoms. The van der Waals surface area contributed by atoms with Crippen LogP contribution in [-0.4, -0.2) is 29.9 Å². The van der Waals surface area contributed by atoms with Gasteiger partial charge >= 0.3 is 11.8 Å². The number of benzene rings is 8. The lowest BCUT2D eigenvalue weighted by Gasteiger charge is -2.18. The lowest BCUT2D eigenvalue weighted by atomic mass is 9.85. The topological polar surface area (TPSA) is 85.3 Å². The van der Waals surface area contributed by atoms with E-state index in [-0.39, 0.29) is 38.9 Å². The van der Waals surface area contributed by atoms with Crippen LogP contribution in [0, 0.1) is 0 Å². The molecule has 8 aromatic rings. The zero-order chi connectivity index (χ0) is 50.8. The largest absolute Gasteiger partial charge is 0.328 e. The van der Waals surface area contributed by atoms with Crippen molar-refractivity contribution >= 4 is 61.8 Å². The van der Waals surface area contributed by atoms with Crippen LogP contribution in [0.2, 0.25) is 0 Å². The Balaban J connectivity index is 0.000000183. The lowest BCUT2D eigenvalue weighted by molar-refractivity contribution is -0.130. The van der Waals surface area contributed by atoms with Gasteiger partial charge in [-0.1, -0.05) is 238 Å². The second-order valence-electron chi connectivity index (χ2n) is 16.4. The molecule has 0 bridgehead atoms. The summed E-state index contributed by atoms with van der Waals surface area (Å²) < 4.78 is 55.1. The number of alkyl halides is 4. The van der Waals surface area contributed by atoms with Gasteiger partial charge in [-0.3, -0.25) is 24.0 Å². The molecule has 2 unspecified atom stereocenters. The summed E-state index contributed by atoms with van der Waals surface area (Å²) in [4.78, 5) is 59.4. The van der Waals surface area contributed by atoms with E-state index in [2.05, 4.69) is 31.9 Å². The molecule has 0 saturated heterocycles. The van der Waals surface area contributed by atoms with E-state index in [1.165, 1.54) is 24.3 Å². The summed E-state index contributed by atoms with van der Waals surface area (Å²) in [7, 11) is 0. The molecular formula is C60H46Br2F4O5. The highest BCUT2D eigenvalue weighted by atomic mass is 79.9. The van der Waals surface area contributed by atoms with Gasteiger partial charge in [0.05, 0.1) is 11.8 Å². The van der Waals surface area contributed by atoms with Crippen LogP contribution in [0.3, 0.4) is 0 Å². The highest BCUT2D eigenvalue weighted by molar-refractivity contribution is 9.10. The second-order valence-corrected chi connectivity index (χ2v) is 18.1. The fourth-order valence-electron chi connectivity index (χ4n) is 7.72. The minimum absolute atomic E-state index is 0.0368. The predicted molar refractivity (Wildman–Crippen MR) is 276 cm³/mol. The van der Waals surface area contributed by atoms with Crippen LogP contribution in [0.4, 0.5) is 17.6 Å². The molecule has 0 radical (unpaired) electrons. The minimum Gasteiger partial charge on any atom is -0.296 e. The molecule has 0 aliphatic rings. The van der Waals surface area contributed by atoms with Crippen LogP contribution in [0.25, 0.3) is 0 Å². The van der Waals surface area contributed by atoms with Crippen molar-refractivity contribution in [1.29, 1.82) is 0 Å². The van der Waals surface area contributed by atoms with Crippen molar-refractivity contribution in [3.8, 4) is 0 Å². The Morgan fingerprint density at radius 1 is 0.408 bits per heavy atom. The molecule has 0 saturated carbocycles. The van der Waals surface area contributed by atoms with Gasteiger partial charge in [-0.2, -0.15) is 17.6 Å². The summed E-state index contributed by atoms with van der Waals surface area (Å²) in [5.41, 5.74) is 5.40. The van der Waals surface area contributed by atoms with Gasteiger partial charge in [-0.25, -0.2) is 0 Å². The summed E-state index contributed by atoms with van der Waals surface area (Å²) in [5.74, 6) is -7.93. The Labute approximate surface area is 426 Å². The van der Waals surface area contributed by atoms with E-state index >= 15 is 0 Å². The third-order valence-corrected chi connectivity index (χ3v) is 12.7. The van der Waals surface area contributed by atoms with E-state index in [0.717, 1.165) is 33.4 Å². The van der Waals surface area contributed by atoms with Gasteiger partial charge in [0.1, 0.15) is 0 Å². The van der Waals surface area contributed by atoms with Crippen molar-refractivity contribution in [2.75, 3.05) is 0 Å². The number of rotatable bonds is 17. The van der Waals surface area contributed by atoms with Gasteiger partial charge in [-0.05, 0) is 52.8 Å². The maximum atomic E-state index is 13.7. The molecule has 2 atom stereocenters. The van der Waals surface area contributed by atoms with E-state index < -0.39 is 34.8 Å². The van der Waals surface area contributed by atoms with Crippen molar-refractivity contribution < 1.29 is 41.5 Å². The number of hydrogen-bond acceptors (Lipinski definition) is 5. The molecule has 0 heterocycles. The number of ketones is 3. The molecule has 0 aliphatic heterocycles. The van der Waals surface area contributed by atoms with Crippen molar-refractivity contribution in [3.63, 3.8) is 0 Å². The SMILES string of the molecule is O=C(Cc1ccccc1)c1ccccc1.O=CC(F)(F)c1ccc(CC(C(=O)c2ccccc2)c2ccccc2)cc1Br.O=CC(F)(F)c1ccc(CC(C(=O)c2ccccc2)c2ccccc2)cc1Br. The fourth-order valence-corrected chi connectivity index (χ4v) is 9.10. The number of halogens is 6. The average Bonchev–Trinajstić information content (AvgIpc) is 3.41. The normalized spacial score (nSPS) is 11.9. The first-order valence-electron chi connectivity index (χ1n) is 22.4. The maximum absolute atomic E-state index is 13.7. The lowest BCUT2D eigenvalue weighted by Crippen LogP contribution is -2.17. The van der Waals surface area contributed by atoms with E-state index in [9.17, 15) is 41.5 Å². The Kier molecular flexibility index (Phi) is 19.2. The van der Waals surface area contributed by atoms with E-state index in [4.69, 9.17) is 0 Å². The first-order chi connectivity index (χ1) is 34.2. The molecule has 5 nitrogen and oxygen atoms in total. The monoisotopic (exact) mass is 1080 g/mol. The average molecular weight is 1080 g/mol. The number of carbonyl (C=O) groups excluding carboxylic acids is 5. The Morgan fingerprint density at radius 2 is 0.718 bits per heavy atom. The Morgan fingerprint density at radius 3 is 1.04 bits per heavy atom. The zero-order valence-electron chi connectivity index (χ0n) is 38.0. The summed E-state index contributed by atoms with van der Waals surface area (Å²) >= 11 is 6.26. The van der Waals surface area contributed by atoms with Crippen LogP contribution >= 0.6 is 31.9 Å². The van der Waals surface area contributed by atoms with Crippen LogP contribution in [0.5, 0.6) is 0 Å². The van der Waals surface area contributed by atoms with Crippen LogP contribution in [0.15, 0.2) is 227 Å². The number of aldehydes is 2. The summed E-state index contributed by atoms with van der Waals surface area (Å²) in [6.07, 6.45) is 0.425. The maximum Gasteiger partial charge on any atom is 0.328 e. The van der Waals surface area contributed by atoms with Gasteiger partial charge in [0.2, 0.25) is 0 Å². The van der Waals surface area contributed by atoms with E-state index in [1.54, 1.807) is 36.4 Å². The summed E-state index contributed by atoms with van der Waals surface area (Å²) in [5, 5.41) is 0. The van der Waals surface area contributed by atoms with Crippen LogP contribution < -0.4 is 0 Å². The van der Waals surface area contributed by atoms with Crippen molar-refractivity contribution in [2.45, 2.75) is 42.9 Å². The van der Waals surface area contributed by atoms with Gasteiger partial charge in [-0.15, -0.1) is 0 Å². The Hall–Kier alpha value is -7.21. The minimum atomic E-state index is -3.56. The van der Waals surface area contributed by atoms with Crippen molar-refractivity contribution in [1.82, 2.24) is 0 Å². The summed E-state index contributed by atoms with van der Waals surface area (Å²) in [6, 6.07) is 64.5. The van der Waals surface area contributed by atoms with Crippen molar-refractivity contribution in [2.24, 2.45) is 0 Å². The zero-order valence-corrected chi connectivity index (χ0v) is 41.2. The molecule has 8 rings (SSSR count). The first-order valence-corrected chi connectivity index (χ1v) is 24.0. The molecule has 0 N–H and O–H groups in total. The smallest absolute Gasteiger partial charge is 0.296 e. The highest BCUT2D eigenvalue weighted by Gasteiger charge is 2.34. The predicted octanol–water partition coefficient (Wildman–Crippen LogP) is 15.0. The fraction of sp³-hybridized carbons (Fsp3) is 0.117. The number of Topliss-reactive ketones (excluding diaryl/α,β-unsaturated/α-hetero) is 3. The molecule has 0 fully saturated rings.